The second-order valence-electron chi connectivity index (χ2n) is 6.13. The number of ether oxygens (including phenoxy) is 1. The maximum absolute atomic E-state index is 12.9. The Morgan fingerprint density at radius 1 is 1.21 bits per heavy atom. The average molecular weight is 375 g/mol. The monoisotopic (exact) mass is 375 g/mol. The first-order valence-corrected chi connectivity index (χ1v) is 8.47. The van der Waals surface area contributed by atoms with E-state index in [9.17, 15) is 9.59 Å². The molecule has 0 spiro atoms. The molecule has 0 atom stereocenters. The number of benzene rings is 1. The number of aromatic nitrogens is 2. The number of hydrogen-bond donors (Lipinski definition) is 4. The zero-order valence-corrected chi connectivity index (χ0v) is 14.9. The third-order valence-corrected chi connectivity index (χ3v) is 4.38. The highest BCUT2D eigenvalue weighted by Gasteiger charge is 2.29. The fourth-order valence-electron chi connectivity index (χ4n) is 3.20. The van der Waals surface area contributed by atoms with E-state index >= 15 is 0 Å². The van der Waals surface area contributed by atoms with Crippen LogP contribution in [0.1, 0.15) is 16.8 Å². The molecule has 0 aliphatic carbocycles. The summed E-state index contributed by atoms with van der Waals surface area (Å²) >= 11 is 0. The van der Waals surface area contributed by atoms with Crippen molar-refractivity contribution in [3.8, 4) is 5.88 Å². The minimum absolute atomic E-state index is 0.244. The van der Waals surface area contributed by atoms with E-state index in [1.165, 1.54) is 0 Å². The average Bonchev–Trinajstić information content (AvgIpc) is 3.31. The van der Waals surface area contributed by atoms with Crippen LogP contribution in [0.3, 0.4) is 0 Å². The number of aromatic amines is 1. The van der Waals surface area contributed by atoms with Gasteiger partial charge in [-0.25, -0.2) is 9.78 Å². The molecule has 3 amide bonds. The van der Waals surface area contributed by atoms with Gasteiger partial charge in [-0.3, -0.25) is 4.79 Å². The summed E-state index contributed by atoms with van der Waals surface area (Å²) in [4.78, 5) is 31.5. The molecule has 8 nitrogen and oxygen atoms in total. The number of rotatable bonds is 4. The summed E-state index contributed by atoms with van der Waals surface area (Å²) in [6.07, 6.45) is 3.43. The summed E-state index contributed by atoms with van der Waals surface area (Å²) in [5.41, 5.74) is 9.70. The van der Waals surface area contributed by atoms with Crippen LogP contribution in [-0.4, -0.2) is 29.0 Å². The van der Waals surface area contributed by atoms with Crippen molar-refractivity contribution in [2.24, 2.45) is 5.73 Å². The van der Waals surface area contributed by atoms with Crippen LogP contribution in [0.15, 0.2) is 54.9 Å². The van der Waals surface area contributed by atoms with Crippen LogP contribution in [0.25, 0.3) is 11.1 Å². The highest BCUT2D eigenvalue weighted by Crippen LogP contribution is 2.40. The predicted octanol–water partition coefficient (Wildman–Crippen LogP) is 2.82. The van der Waals surface area contributed by atoms with Gasteiger partial charge in [-0.15, -0.1) is 0 Å². The maximum Gasteiger partial charge on any atom is 0.316 e. The molecule has 3 aromatic rings. The number of anilines is 2. The minimum Gasteiger partial charge on any atom is -0.481 e. The Balaban J connectivity index is 1.94. The fourth-order valence-corrected chi connectivity index (χ4v) is 3.20. The fraction of sp³-hybridized carbons (Fsp3) is 0.0500. The lowest BCUT2D eigenvalue weighted by molar-refractivity contribution is -0.110. The van der Waals surface area contributed by atoms with E-state index in [-0.39, 0.29) is 5.91 Å². The molecule has 1 aliphatic heterocycles. The molecule has 0 unspecified atom stereocenters. The van der Waals surface area contributed by atoms with Crippen LogP contribution in [0.5, 0.6) is 5.88 Å². The lowest BCUT2D eigenvalue weighted by Crippen LogP contribution is -2.19. The van der Waals surface area contributed by atoms with Gasteiger partial charge in [-0.05, 0) is 36.4 Å². The number of nitrogens with zero attached hydrogens (tertiary/aromatic N) is 1. The van der Waals surface area contributed by atoms with Gasteiger partial charge in [0, 0.05) is 52.2 Å². The largest absolute Gasteiger partial charge is 0.481 e. The Hall–Kier alpha value is -4.07. The Bertz CT molecular complexity index is 1090. The smallest absolute Gasteiger partial charge is 0.316 e. The van der Waals surface area contributed by atoms with Gasteiger partial charge in [-0.2, -0.15) is 0 Å². The van der Waals surface area contributed by atoms with Crippen LogP contribution in [-0.2, 0) is 4.79 Å². The van der Waals surface area contributed by atoms with Crippen LogP contribution in [0, 0.1) is 0 Å². The molecule has 0 saturated heterocycles. The van der Waals surface area contributed by atoms with Gasteiger partial charge in [0.2, 0.25) is 5.88 Å². The quantitative estimate of drug-likeness (QED) is 0.524. The van der Waals surface area contributed by atoms with Crippen molar-refractivity contribution in [3.63, 3.8) is 0 Å². The molecule has 5 N–H and O–H groups in total. The van der Waals surface area contributed by atoms with Crippen molar-refractivity contribution < 1.29 is 14.3 Å². The molecule has 2 aromatic heterocycles. The van der Waals surface area contributed by atoms with E-state index in [2.05, 4.69) is 20.6 Å². The van der Waals surface area contributed by atoms with E-state index in [1.54, 1.807) is 43.8 Å². The van der Waals surface area contributed by atoms with E-state index in [4.69, 9.17) is 10.5 Å². The molecule has 4 rings (SSSR count). The van der Waals surface area contributed by atoms with Gasteiger partial charge < -0.3 is 26.1 Å². The zero-order chi connectivity index (χ0) is 19.7. The minimum atomic E-state index is -0.674. The standard InChI is InChI=1S/C20H17N5O3/c1-28-16-7-4-11(10-23-16)17(15-3-2-8-22-15)18-13-9-12(24-20(21)27)5-6-14(13)25-19(18)26/h2-10,22H,1H3,(H,25,26)(H3,21,24,27). The molecule has 0 bridgehead atoms. The predicted molar refractivity (Wildman–Crippen MR) is 106 cm³/mol. The summed E-state index contributed by atoms with van der Waals surface area (Å²) in [5, 5.41) is 5.40. The first-order valence-electron chi connectivity index (χ1n) is 8.47. The van der Waals surface area contributed by atoms with Crippen molar-refractivity contribution in [1.82, 2.24) is 9.97 Å². The van der Waals surface area contributed by atoms with Gasteiger partial charge >= 0.3 is 6.03 Å². The van der Waals surface area contributed by atoms with Gasteiger partial charge in [0.05, 0.1) is 12.7 Å². The number of carbonyl (C=O) groups is 2. The van der Waals surface area contributed by atoms with E-state index in [1.807, 2.05) is 18.2 Å². The van der Waals surface area contributed by atoms with Crippen molar-refractivity contribution >= 4 is 34.5 Å². The normalized spacial score (nSPS) is 14.2. The molecule has 1 aliphatic rings. The lowest BCUT2D eigenvalue weighted by Gasteiger charge is -2.11. The molecule has 8 heteroatoms. The molecule has 0 saturated carbocycles. The first-order chi connectivity index (χ1) is 13.6. The number of primary amides is 1. The summed E-state index contributed by atoms with van der Waals surface area (Å²) < 4.78 is 5.13. The van der Waals surface area contributed by atoms with Crippen LogP contribution in [0.2, 0.25) is 0 Å². The number of amides is 3. The molecular formula is C20H17N5O3. The van der Waals surface area contributed by atoms with Gasteiger partial charge in [0.1, 0.15) is 0 Å². The number of carbonyl (C=O) groups excluding carboxylic acids is 2. The van der Waals surface area contributed by atoms with Gasteiger partial charge in [0.15, 0.2) is 0 Å². The first kappa shape index (κ1) is 17.3. The van der Waals surface area contributed by atoms with E-state index in [0.29, 0.717) is 34.0 Å². The Labute approximate surface area is 160 Å². The van der Waals surface area contributed by atoms with E-state index in [0.717, 1.165) is 11.3 Å². The van der Waals surface area contributed by atoms with Crippen LogP contribution < -0.4 is 21.1 Å². The van der Waals surface area contributed by atoms with Crippen LogP contribution >= 0.6 is 0 Å². The van der Waals surface area contributed by atoms with Gasteiger partial charge in [0.25, 0.3) is 5.91 Å². The molecule has 1 aromatic carbocycles. The molecule has 0 radical (unpaired) electrons. The third kappa shape index (κ3) is 3.07. The van der Waals surface area contributed by atoms with Crippen molar-refractivity contribution in [2.75, 3.05) is 17.7 Å². The Kier molecular flexibility index (Phi) is 4.29. The van der Waals surface area contributed by atoms with Gasteiger partial charge in [-0.1, -0.05) is 0 Å². The Morgan fingerprint density at radius 2 is 2.07 bits per heavy atom. The van der Waals surface area contributed by atoms with Crippen molar-refractivity contribution in [2.45, 2.75) is 0 Å². The molecule has 28 heavy (non-hydrogen) atoms. The summed E-state index contributed by atoms with van der Waals surface area (Å²) in [5.74, 6) is 0.232. The highest BCUT2D eigenvalue weighted by molar-refractivity contribution is 6.38. The van der Waals surface area contributed by atoms with Crippen LogP contribution in [0.4, 0.5) is 16.2 Å². The topological polar surface area (TPSA) is 122 Å². The second kappa shape index (κ2) is 6.92. The molecular weight excluding hydrogens is 358 g/mol. The number of urea groups is 1. The number of hydrogen-bond acceptors (Lipinski definition) is 4. The number of H-pyrrole nitrogens is 1. The highest BCUT2D eigenvalue weighted by atomic mass is 16.5. The second-order valence-corrected chi connectivity index (χ2v) is 6.13. The number of nitrogens with two attached hydrogens (primary N) is 1. The third-order valence-electron chi connectivity index (χ3n) is 4.38. The van der Waals surface area contributed by atoms with Crippen molar-refractivity contribution in [3.05, 3.63) is 71.7 Å². The van der Waals surface area contributed by atoms with E-state index < -0.39 is 6.03 Å². The molecule has 0 fully saturated rings. The maximum atomic E-state index is 12.9. The summed E-state index contributed by atoms with van der Waals surface area (Å²) in [6, 6.07) is 11.7. The lowest BCUT2D eigenvalue weighted by atomic mass is 9.94. The zero-order valence-electron chi connectivity index (χ0n) is 14.9. The molecule has 140 valence electrons. The number of fused-ring (bicyclic) bond motifs is 1. The number of pyridine rings is 1. The SMILES string of the molecule is COc1ccc(C(=C2C(=O)Nc3ccc(NC(N)=O)cc32)c2ccc[nH]2)cn1. The summed E-state index contributed by atoms with van der Waals surface area (Å²) in [7, 11) is 1.54. The summed E-state index contributed by atoms with van der Waals surface area (Å²) in [6.45, 7) is 0. The Morgan fingerprint density at radius 3 is 2.71 bits per heavy atom. The van der Waals surface area contributed by atoms with Crippen molar-refractivity contribution in [1.29, 1.82) is 0 Å². The number of nitrogens with one attached hydrogen (secondary N) is 3. The number of methoxy groups -OCH3 is 1. The molecule has 3 heterocycles.